The van der Waals surface area contributed by atoms with Gasteiger partial charge in [-0.3, -0.25) is 9.55 Å². The minimum atomic E-state index is 0.242. The Kier molecular flexibility index (Phi) is 5.32. The van der Waals surface area contributed by atoms with Crippen LogP contribution in [0.15, 0.2) is 22.8 Å². The number of nitrogens with two attached hydrogens (primary N) is 1. The molecule has 2 N–H and O–H groups in total. The van der Waals surface area contributed by atoms with Crippen LogP contribution in [0.5, 0.6) is 12.0 Å². The molecule has 3 rings (SSSR count). The van der Waals surface area contributed by atoms with Gasteiger partial charge in [0.2, 0.25) is 0 Å². The van der Waals surface area contributed by atoms with Crippen LogP contribution in [-0.2, 0) is 6.54 Å². The van der Waals surface area contributed by atoms with E-state index in [2.05, 4.69) is 42.8 Å². The first-order valence-corrected chi connectivity index (χ1v) is 8.72. The summed E-state index contributed by atoms with van der Waals surface area (Å²) < 4.78 is 13.7. The Morgan fingerprint density at radius 2 is 2.08 bits per heavy atom. The number of aromatic nitrogens is 5. The summed E-state index contributed by atoms with van der Waals surface area (Å²) >= 11 is 3.38. The van der Waals surface area contributed by atoms with Gasteiger partial charge in [-0.1, -0.05) is 13.3 Å². The van der Waals surface area contributed by atoms with Crippen molar-refractivity contribution >= 4 is 32.9 Å². The van der Waals surface area contributed by atoms with E-state index in [1.807, 2.05) is 12.1 Å². The largest absolute Gasteiger partial charge is 0.468 e. The molecule has 0 aliphatic heterocycles. The maximum Gasteiger partial charge on any atom is 0.320 e. The molecule has 3 aromatic rings. The van der Waals surface area contributed by atoms with Crippen LogP contribution < -0.4 is 15.2 Å². The van der Waals surface area contributed by atoms with Gasteiger partial charge >= 0.3 is 6.01 Å². The zero-order valence-electron chi connectivity index (χ0n) is 14.1. The van der Waals surface area contributed by atoms with E-state index in [-0.39, 0.29) is 11.8 Å². The van der Waals surface area contributed by atoms with Gasteiger partial charge in [0.05, 0.1) is 26.0 Å². The van der Waals surface area contributed by atoms with Crippen LogP contribution in [0.2, 0.25) is 0 Å². The maximum atomic E-state index is 6.03. The van der Waals surface area contributed by atoms with Gasteiger partial charge in [0.25, 0.3) is 6.01 Å². The van der Waals surface area contributed by atoms with E-state index in [9.17, 15) is 0 Å². The highest BCUT2D eigenvalue weighted by atomic mass is 79.9. The SMILES string of the molecule is CCCCOc1nc(N)c2nc(OC)n(Cc3ccc(Br)cn3)c2n1. The van der Waals surface area contributed by atoms with Gasteiger partial charge in [-0.05, 0) is 34.5 Å². The topological polar surface area (TPSA) is 101 Å². The minimum Gasteiger partial charge on any atom is -0.468 e. The van der Waals surface area contributed by atoms with Gasteiger partial charge in [0.15, 0.2) is 17.0 Å². The molecule has 132 valence electrons. The lowest BCUT2D eigenvalue weighted by Crippen LogP contribution is -2.07. The molecule has 0 radical (unpaired) electrons. The molecule has 0 saturated carbocycles. The Morgan fingerprint density at radius 3 is 2.76 bits per heavy atom. The molecule has 3 heterocycles. The van der Waals surface area contributed by atoms with Gasteiger partial charge in [0, 0.05) is 10.7 Å². The number of methoxy groups -OCH3 is 1. The summed E-state index contributed by atoms with van der Waals surface area (Å²) in [7, 11) is 1.55. The summed E-state index contributed by atoms with van der Waals surface area (Å²) in [5, 5.41) is 0. The fourth-order valence-corrected chi connectivity index (χ4v) is 2.55. The van der Waals surface area contributed by atoms with E-state index in [0.29, 0.717) is 30.3 Å². The van der Waals surface area contributed by atoms with Crippen LogP contribution in [-0.4, -0.2) is 38.2 Å². The van der Waals surface area contributed by atoms with E-state index in [1.165, 1.54) is 0 Å². The third-order valence-corrected chi connectivity index (χ3v) is 4.06. The van der Waals surface area contributed by atoms with E-state index in [0.717, 1.165) is 23.0 Å². The normalized spacial score (nSPS) is 11.0. The van der Waals surface area contributed by atoms with Gasteiger partial charge in [-0.2, -0.15) is 15.0 Å². The molecule has 0 saturated heterocycles. The first-order valence-electron chi connectivity index (χ1n) is 7.93. The molecule has 8 nitrogen and oxygen atoms in total. The van der Waals surface area contributed by atoms with Crippen molar-refractivity contribution in [2.75, 3.05) is 19.5 Å². The van der Waals surface area contributed by atoms with Crippen molar-refractivity contribution in [2.24, 2.45) is 0 Å². The number of nitrogens with zero attached hydrogens (tertiary/aromatic N) is 5. The molecule has 0 atom stereocenters. The second-order valence-electron chi connectivity index (χ2n) is 5.42. The zero-order valence-corrected chi connectivity index (χ0v) is 15.7. The number of ether oxygens (including phenoxy) is 2. The van der Waals surface area contributed by atoms with Gasteiger partial charge < -0.3 is 15.2 Å². The molecule has 0 aliphatic rings. The van der Waals surface area contributed by atoms with Crippen molar-refractivity contribution in [2.45, 2.75) is 26.3 Å². The molecule has 0 spiro atoms. The molecular weight excluding hydrogens is 388 g/mol. The summed E-state index contributed by atoms with van der Waals surface area (Å²) in [6.07, 6.45) is 3.69. The molecule has 0 unspecified atom stereocenters. The number of halogens is 1. The summed E-state index contributed by atoms with van der Waals surface area (Å²) in [5.74, 6) is 0.261. The third kappa shape index (κ3) is 3.81. The van der Waals surface area contributed by atoms with Gasteiger partial charge in [0.1, 0.15) is 0 Å². The Morgan fingerprint density at radius 1 is 1.24 bits per heavy atom. The number of anilines is 1. The molecule has 0 aliphatic carbocycles. The highest BCUT2D eigenvalue weighted by Crippen LogP contribution is 2.26. The van der Waals surface area contributed by atoms with Crippen molar-refractivity contribution in [3.63, 3.8) is 0 Å². The fourth-order valence-electron chi connectivity index (χ4n) is 2.31. The van der Waals surface area contributed by atoms with Crippen molar-refractivity contribution < 1.29 is 9.47 Å². The average Bonchev–Trinajstić information content (AvgIpc) is 2.95. The summed E-state index contributed by atoms with van der Waals surface area (Å²) in [4.78, 5) is 17.4. The first-order chi connectivity index (χ1) is 12.1. The van der Waals surface area contributed by atoms with Gasteiger partial charge in [-0.15, -0.1) is 0 Å². The van der Waals surface area contributed by atoms with Crippen molar-refractivity contribution in [3.05, 3.63) is 28.5 Å². The van der Waals surface area contributed by atoms with Crippen LogP contribution in [0.4, 0.5) is 5.82 Å². The standard InChI is InChI=1S/C16H19BrN6O2/c1-3-4-7-25-15-21-13(18)12-14(22-15)23(16(20-12)24-2)9-11-6-5-10(17)8-19-11/h5-6,8H,3-4,7,9H2,1-2H3,(H2,18,21,22). The Bertz CT molecular complexity index is 865. The zero-order chi connectivity index (χ0) is 17.8. The Labute approximate surface area is 153 Å². The molecule has 0 fully saturated rings. The fraction of sp³-hybridized carbons (Fsp3) is 0.375. The van der Waals surface area contributed by atoms with E-state index in [4.69, 9.17) is 15.2 Å². The lowest BCUT2D eigenvalue weighted by molar-refractivity contribution is 0.286. The summed E-state index contributed by atoms with van der Waals surface area (Å²) in [6.45, 7) is 3.08. The average molecular weight is 407 g/mol. The minimum absolute atomic E-state index is 0.242. The Balaban J connectivity index is 2.00. The van der Waals surface area contributed by atoms with Crippen LogP contribution in [0, 0.1) is 0 Å². The van der Waals surface area contributed by atoms with E-state index >= 15 is 0 Å². The molecular formula is C16H19BrN6O2. The van der Waals surface area contributed by atoms with E-state index in [1.54, 1.807) is 17.9 Å². The molecule has 3 aromatic heterocycles. The van der Waals surface area contributed by atoms with Crippen LogP contribution in [0.25, 0.3) is 11.2 Å². The number of rotatable bonds is 7. The number of pyridine rings is 1. The maximum absolute atomic E-state index is 6.03. The van der Waals surface area contributed by atoms with Crippen molar-refractivity contribution in [1.29, 1.82) is 0 Å². The second-order valence-corrected chi connectivity index (χ2v) is 6.33. The number of hydrogen-bond donors (Lipinski definition) is 1. The third-order valence-electron chi connectivity index (χ3n) is 3.59. The molecule has 0 aromatic carbocycles. The molecule has 25 heavy (non-hydrogen) atoms. The van der Waals surface area contributed by atoms with Crippen molar-refractivity contribution in [3.8, 4) is 12.0 Å². The van der Waals surface area contributed by atoms with Gasteiger partial charge in [-0.25, -0.2) is 0 Å². The number of nitrogen functional groups attached to an aromatic ring is 1. The molecule has 0 bridgehead atoms. The van der Waals surface area contributed by atoms with Crippen LogP contribution in [0.1, 0.15) is 25.5 Å². The Hall–Kier alpha value is -2.42. The van der Waals surface area contributed by atoms with E-state index < -0.39 is 0 Å². The summed E-state index contributed by atoms with van der Waals surface area (Å²) in [5.41, 5.74) is 7.91. The lowest BCUT2D eigenvalue weighted by atomic mass is 10.3. The lowest BCUT2D eigenvalue weighted by Gasteiger charge is -2.08. The molecule has 9 heteroatoms. The predicted molar refractivity (Wildman–Crippen MR) is 97.7 cm³/mol. The monoisotopic (exact) mass is 406 g/mol. The van der Waals surface area contributed by atoms with Crippen LogP contribution >= 0.6 is 15.9 Å². The number of imidazole rings is 1. The number of hydrogen-bond acceptors (Lipinski definition) is 7. The van der Waals surface area contributed by atoms with Crippen LogP contribution in [0.3, 0.4) is 0 Å². The predicted octanol–water partition coefficient (Wildman–Crippen LogP) is 2.80. The number of unbranched alkanes of at least 4 members (excludes halogenated alkanes) is 1. The highest BCUT2D eigenvalue weighted by Gasteiger charge is 2.18. The second kappa shape index (κ2) is 7.64. The first kappa shape index (κ1) is 17.4. The summed E-state index contributed by atoms with van der Waals surface area (Å²) in [6, 6.07) is 4.48. The number of fused-ring (bicyclic) bond motifs is 1. The highest BCUT2D eigenvalue weighted by molar-refractivity contribution is 9.10. The quantitative estimate of drug-likeness (QED) is 0.601. The molecule has 0 amide bonds. The smallest absolute Gasteiger partial charge is 0.320 e. The van der Waals surface area contributed by atoms with Crippen molar-refractivity contribution in [1.82, 2.24) is 24.5 Å².